The van der Waals surface area contributed by atoms with Gasteiger partial charge < -0.3 is 10.1 Å². The molecule has 7 heteroatoms. The maximum atomic E-state index is 13.4. The van der Waals surface area contributed by atoms with E-state index in [0.717, 1.165) is 11.1 Å². The Kier molecular flexibility index (Phi) is 5.63. The Bertz CT molecular complexity index is 981. The van der Waals surface area contributed by atoms with Crippen molar-refractivity contribution >= 4 is 23.2 Å². The van der Waals surface area contributed by atoms with Gasteiger partial charge in [-0.15, -0.1) is 0 Å². The van der Waals surface area contributed by atoms with Crippen LogP contribution in [0.15, 0.2) is 53.6 Å². The van der Waals surface area contributed by atoms with E-state index in [2.05, 4.69) is 10.4 Å². The number of hydrazone groups is 1. The number of ether oxygens (including phenoxy) is 1. The standard InChI is InChI=1S/C23H24FN3O3/c1-16-3-2-4-19(15-16)27-21(28)10-9-20(26-27)22(29)25-23(11-13-30-14-12-23)17-5-7-18(24)8-6-17/h2-8,15H,9-14H2,1H3,(H,25,29). The van der Waals surface area contributed by atoms with Crippen molar-refractivity contribution in [2.24, 2.45) is 5.10 Å². The zero-order chi connectivity index (χ0) is 21.1. The van der Waals surface area contributed by atoms with E-state index in [9.17, 15) is 14.0 Å². The van der Waals surface area contributed by atoms with Crippen LogP contribution in [-0.2, 0) is 19.9 Å². The molecule has 1 fully saturated rings. The lowest BCUT2D eigenvalue weighted by molar-refractivity contribution is -0.119. The Morgan fingerprint density at radius 2 is 1.87 bits per heavy atom. The molecule has 6 nitrogen and oxygen atoms in total. The summed E-state index contributed by atoms with van der Waals surface area (Å²) in [4.78, 5) is 25.6. The van der Waals surface area contributed by atoms with Crippen molar-refractivity contribution < 1.29 is 18.7 Å². The van der Waals surface area contributed by atoms with Crippen molar-refractivity contribution in [2.75, 3.05) is 18.2 Å². The number of halogens is 1. The number of nitrogens with one attached hydrogen (secondary N) is 1. The van der Waals surface area contributed by atoms with Crippen LogP contribution in [0.1, 0.15) is 36.8 Å². The molecule has 2 amide bonds. The minimum absolute atomic E-state index is 0.142. The maximum absolute atomic E-state index is 13.4. The Balaban J connectivity index is 1.61. The Hall–Kier alpha value is -3.06. The minimum atomic E-state index is -0.652. The summed E-state index contributed by atoms with van der Waals surface area (Å²) >= 11 is 0. The number of aryl methyl sites for hydroxylation is 1. The van der Waals surface area contributed by atoms with Crippen LogP contribution in [0.2, 0.25) is 0 Å². The summed E-state index contributed by atoms with van der Waals surface area (Å²) in [7, 11) is 0. The zero-order valence-corrected chi connectivity index (χ0v) is 16.9. The number of nitrogens with zero attached hydrogens (tertiary/aromatic N) is 2. The van der Waals surface area contributed by atoms with Crippen molar-refractivity contribution in [3.63, 3.8) is 0 Å². The lowest BCUT2D eigenvalue weighted by Gasteiger charge is -2.39. The van der Waals surface area contributed by atoms with Gasteiger partial charge in [0.25, 0.3) is 5.91 Å². The summed E-state index contributed by atoms with van der Waals surface area (Å²) in [5, 5.41) is 8.81. The van der Waals surface area contributed by atoms with Gasteiger partial charge in [0.1, 0.15) is 11.5 Å². The van der Waals surface area contributed by atoms with Gasteiger partial charge in [0.2, 0.25) is 5.91 Å². The molecule has 0 saturated carbocycles. The second-order valence-electron chi connectivity index (χ2n) is 7.75. The molecule has 2 aromatic rings. The zero-order valence-electron chi connectivity index (χ0n) is 16.9. The highest BCUT2D eigenvalue weighted by Gasteiger charge is 2.38. The third-order valence-corrected chi connectivity index (χ3v) is 5.64. The van der Waals surface area contributed by atoms with Gasteiger partial charge >= 0.3 is 0 Å². The number of hydrogen-bond acceptors (Lipinski definition) is 4. The summed E-state index contributed by atoms with van der Waals surface area (Å²) in [6, 6.07) is 13.6. The molecule has 2 aromatic carbocycles. The van der Waals surface area contributed by atoms with Gasteiger partial charge in [-0.3, -0.25) is 9.59 Å². The van der Waals surface area contributed by atoms with Gasteiger partial charge in [0, 0.05) is 26.1 Å². The van der Waals surface area contributed by atoms with Crippen LogP contribution in [-0.4, -0.2) is 30.7 Å². The van der Waals surface area contributed by atoms with Crippen LogP contribution < -0.4 is 10.3 Å². The molecule has 0 aliphatic carbocycles. The van der Waals surface area contributed by atoms with Gasteiger partial charge in [0.15, 0.2) is 0 Å². The third-order valence-electron chi connectivity index (χ3n) is 5.64. The molecule has 0 bridgehead atoms. The molecule has 0 atom stereocenters. The Labute approximate surface area is 174 Å². The number of carbonyl (C=O) groups excluding carboxylic acids is 2. The lowest BCUT2D eigenvalue weighted by Crippen LogP contribution is -2.52. The summed E-state index contributed by atoms with van der Waals surface area (Å²) < 4.78 is 18.9. The molecule has 0 unspecified atom stereocenters. The molecule has 0 aromatic heterocycles. The minimum Gasteiger partial charge on any atom is -0.381 e. The van der Waals surface area contributed by atoms with Gasteiger partial charge in [-0.25, -0.2) is 9.40 Å². The first-order chi connectivity index (χ1) is 14.5. The summed E-state index contributed by atoms with van der Waals surface area (Å²) in [6.07, 6.45) is 1.66. The lowest BCUT2D eigenvalue weighted by atomic mass is 9.82. The smallest absolute Gasteiger partial charge is 0.268 e. The number of amides is 2. The van der Waals surface area contributed by atoms with Crippen molar-refractivity contribution in [1.29, 1.82) is 0 Å². The predicted molar refractivity (Wildman–Crippen MR) is 112 cm³/mol. The van der Waals surface area contributed by atoms with Crippen LogP contribution in [0, 0.1) is 12.7 Å². The van der Waals surface area contributed by atoms with Gasteiger partial charge in [-0.2, -0.15) is 5.10 Å². The van der Waals surface area contributed by atoms with E-state index in [1.807, 2.05) is 25.1 Å². The van der Waals surface area contributed by atoms with Crippen LogP contribution in [0.3, 0.4) is 0 Å². The molecule has 156 valence electrons. The van der Waals surface area contributed by atoms with E-state index >= 15 is 0 Å². The largest absolute Gasteiger partial charge is 0.381 e. The van der Waals surface area contributed by atoms with E-state index in [-0.39, 0.29) is 30.5 Å². The first-order valence-corrected chi connectivity index (χ1v) is 10.1. The van der Waals surface area contributed by atoms with Crippen LogP contribution in [0.5, 0.6) is 0 Å². The second kappa shape index (κ2) is 8.36. The van der Waals surface area contributed by atoms with E-state index in [0.29, 0.717) is 37.5 Å². The van der Waals surface area contributed by atoms with Crippen LogP contribution >= 0.6 is 0 Å². The average Bonchev–Trinajstić information content (AvgIpc) is 2.75. The van der Waals surface area contributed by atoms with E-state index < -0.39 is 5.54 Å². The van der Waals surface area contributed by atoms with Gasteiger partial charge in [-0.05, 0) is 55.2 Å². The van der Waals surface area contributed by atoms with Crippen molar-refractivity contribution in [3.8, 4) is 0 Å². The molecule has 1 N–H and O–H groups in total. The highest BCUT2D eigenvalue weighted by Crippen LogP contribution is 2.32. The fourth-order valence-electron chi connectivity index (χ4n) is 3.94. The van der Waals surface area contributed by atoms with E-state index in [1.54, 1.807) is 18.2 Å². The molecular weight excluding hydrogens is 385 g/mol. The quantitative estimate of drug-likeness (QED) is 0.841. The van der Waals surface area contributed by atoms with Gasteiger partial charge in [-0.1, -0.05) is 24.3 Å². The van der Waals surface area contributed by atoms with Crippen molar-refractivity contribution in [1.82, 2.24) is 5.32 Å². The molecule has 0 radical (unpaired) electrons. The highest BCUT2D eigenvalue weighted by atomic mass is 19.1. The van der Waals surface area contributed by atoms with E-state index in [1.165, 1.54) is 17.1 Å². The monoisotopic (exact) mass is 409 g/mol. The average molecular weight is 409 g/mol. The summed E-state index contributed by atoms with van der Waals surface area (Å²) in [6.45, 7) is 2.93. The Morgan fingerprint density at radius 3 is 2.57 bits per heavy atom. The third kappa shape index (κ3) is 4.11. The van der Waals surface area contributed by atoms with Crippen LogP contribution in [0.4, 0.5) is 10.1 Å². The topological polar surface area (TPSA) is 71.0 Å². The summed E-state index contributed by atoms with van der Waals surface area (Å²) in [5.74, 6) is -0.779. The second-order valence-corrected chi connectivity index (χ2v) is 7.75. The highest BCUT2D eigenvalue weighted by molar-refractivity contribution is 6.40. The number of carbonyl (C=O) groups is 2. The molecule has 2 heterocycles. The molecule has 1 saturated heterocycles. The summed E-state index contributed by atoms with van der Waals surface area (Å²) in [5.41, 5.74) is 2.14. The molecular formula is C23H24FN3O3. The number of hydrogen-bond donors (Lipinski definition) is 1. The number of anilines is 1. The number of rotatable bonds is 4. The fraction of sp³-hybridized carbons (Fsp3) is 0.348. The van der Waals surface area contributed by atoms with Crippen molar-refractivity contribution in [3.05, 3.63) is 65.5 Å². The van der Waals surface area contributed by atoms with E-state index in [4.69, 9.17) is 4.74 Å². The molecule has 30 heavy (non-hydrogen) atoms. The molecule has 4 rings (SSSR count). The van der Waals surface area contributed by atoms with Crippen LogP contribution in [0.25, 0.3) is 0 Å². The Morgan fingerprint density at radius 1 is 1.13 bits per heavy atom. The normalized spacial score (nSPS) is 18.7. The molecule has 2 aliphatic heterocycles. The predicted octanol–water partition coefficient (Wildman–Crippen LogP) is 3.44. The van der Waals surface area contributed by atoms with Gasteiger partial charge in [0.05, 0.1) is 11.2 Å². The molecule has 2 aliphatic rings. The SMILES string of the molecule is Cc1cccc(N2N=C(C(=O)NC3(c4ccc(F)cc4)CCOCC3)CCC2=O)c1. The first-order valence-electron chi connectivity index (χ1n) is 10.1. The first kappa shape index (κ1) is 20.2. The maximum Gasteiger partial charge on any atom is 0.268 e. The van der Waals surface area contributed by atoms with Crippen molar-refractivity contribution in [2.45, 2.75) is 38.1 Å². The fourth-order valence-corrected chi connectivity index (χ4v) is 3.94. The number of benzene rings is 2. The molecule has 0 spiro atoms.